The molecule has 6 rings (SSSR count). The van der Waals surface area contributed by atoms with Gasteiger partial charge >= 0.3 is 0 Å². The molecule has 0 bridgehead atoms. The second-order valence-corrected chi connectivity index (χ2v) is 11.5. The van der Waals surface area contributed by atoms with Crippen molar-refractivity contribution >= 4 is 56.9 Å². The Bertz CT molecular complexity index is 1770. The van der Waals surface area contributed by atoms with E-state index in [1.807, 2.05) is 0 Å². The predicted molar refractivity (Wildman–Crippen MR) is 194 cm³/mol. The lowest BCUT2D eigenvalue weighted by Gasteiger charge is -2.15. The van der Waals surface area contributed by atoms with Crippen LogP contribution >= 0.6 is 0 Å². The molecule has 0 spiro atoms. The average Bonchev–Trinajstić information content (AvgIpc) is 3.04. The molecule has 0 saturated carbocycles. The first-order chi connectivity index (χ1) is 21.9. The molecule has 0 aromatic heterocycles. The van der Waals surface area contributed by atoms with Crippen LogP contribution in [0.15, 0.2) is 133 Å². The minimum atomic E-state index is 1.03. The molecular formula is C40H39N5. The maximum Gasteiger partial charge on any atom is 0.0415 e. The zero-order chi connectivity index (χ0) is 31.2. The van der Waals surface area contributed by atoms with Crippen molar-refractivity contribution in [2.75, 3.05) is 26.6 Å². The first-order valence-electron chi connectivity index (χ1n) is 15.3. The topological polar surface area (TPSA) is 60.1 Å². The van der Waals surface area contributed by atoms with Crippen molar-refractivity contribution in [3.63, 3.8) is 0 Å². The Morgan fingerprint density at radius 3 is 0.911 bits per heavy atom. The second kappa shape index (κ2) is 13.3. The fourth-order valence-corrected chi connectivity index (χ4v) is 5.25. The molecule has 0 heterocycles. The number of nitrogens with one attached hydrogen (secondary N) is 5. The molecule has 5 heteroatoms. The van der Waals surface area contributed by atoms with Gasteiger partial charge in [-0.15, -0.1) is 0 Å². The van der Waals surface area contributed by atoms with Gasteiger partial charge in [-0.1, -0.05) is 36.4 Å². The molecule has 0 radical (unpaired) electrons. The number of anilines is 10. The fraction of sp³-hybridized carbons (Fsp3) is 0.100. The minimum Gasteiger partial charge on any atom is -0.356 e. The van der Waals surface area contributed by atoms with Gasteiger partial charge < -0.3 is 26.6 Å². The zero-order valence-electron chi connectivity index (χ0n) is 26.2. The normalized spacial score (nSPS) is 10.7. The van der Waals surface area contributed by atoms with Crippen molar-refractivity contribution in [3.8, 4) is 0 Å². The van der Waals surface area contributed by atoms with Gasteiger partial charge in [0.1, 0.15) is 0 Å². The highest BCUT2D eigenvalue weighted by molar-refractivity contribution is 5.73. The fourth-order valence-electron chi connectivity index (χ4n) is 5.25. The Morgan fingerprint density at radius 2 is 0.556 bits per heavy atom. The van der Waals surface area contributed by atoms with E-state index >= 15 is 0 Å². The van der Waals surface area contributed by atoms with E-state index in [2.05, 4.69) is 188 Å². The SMILES string of the molecule is Cc1ccccc1Nc1ccc(Nc2ccc(Nc3ccc(Nc4ccc(Nc5ccccc5C)cc4C)cc3)cc2)c(C)c1. The minimum absolute atomic E-state index is 1.03. The Balaban J connectivity index is 1.03. The van der Waals surface area contributed by atoms with Crippen LogP contribution in [0.4, 0.5) is 56.9 Å². The van der Waals surface area contributed by atoms with Gasteiger partial charge in [0.15, 0.2) is 0 Å². The van der Waals surface area contributed by atoms with Crippen molar-refractivity contribution in [2.24, 2.45) is 0 Å². The van der Waals surface area contributed by atoms with Gasteiger partial charge in [0, 0.05) is 56.9 Å². The van der Waals surface area contributed by atoms with E-state index in [4.69, 9.17) is 0 Å². The summed E-state index contributed by atoms with van der Waals surface area (Å²) in [6, 6.07) is 46.2. The number of hydrogen-bond donors (Lipinski definition) is 5. The van der Waals surface area contributed by atoms with Gasteiger partial charge in [0.25, 0.3) is 0 Å². The van der Waals surface area contributed by atoms with E-state index in [-0.39, 0.29) is 0 Å². The molecule has 5 nitrogen and oxygen atoms in total. The van der Waals surface area contributed by atoms with Crippen LogP contribution in [0, 0.1) is 27.7 Å². The van der Waals surface area contributed by atoms with Crippen LogP contribution in [0.3, 0.4) is 0 Å². The number of hydrogen-bond acceptors (Lipinski definition) is 5. The van der Waals surface area contributed by atoms with E-state index < -0.39 is 0 Å². The van der Waals surface area contributed by atoms with E-state index in [9.17, 15) is 0 Å². The molecular weight excluding hydrogens is 550 g/mol. The second-order valence-electron chi connectivity index (χ2n) is 11.5. The largest absolute Gasteiger partial charge is 0.356 e. The summed E-state index contributed by atoms with van der Waals surface area (Å²) >= 11 is 0. The number of rotatable bonds is 10. The van der Waals surface area contributed by atoms with Crippen molar-refractivity contribution in [1.29, 1.82) is 0 Å². The predicted octanol–water partition coefficient (Wildman–Crippen LogP) is 11.6. The molecule has 0 saturated heterocycles. The Labute approximate surface area is 266 Å². The molecule has 6 aromatic carbocycles. The van der Waals surface area contributed by atoms with E-state index in [1.54, 1.807) is 0 Å². The summed E-state index contributed by atoms with van der Waals surface area (Å²) in [6.07, 6.45) is 0. The quantitative estimate of drug-likeness (QED) is 0.110. The number of para-hydroxylation sites is 2. The highest BCUT2D eigenvalue weighted by Crippen LogP contribution is 2.30. The first-order valence-corrected chi connectivity index (χ1v) is 15.3. The van der Waals surface area contributed by atoms with Gasteiger partial charge in [-0.2, -0.15) is 0 Å². The summed E-state index contributed by atoms with van der Waals surface area (Å²) in [4.78, 5) is 0. The number of benzene rings is 6. The molecule has 0 aliphatic heterocycles. The first kappa shape index (κ1) is 29.4. The molecule has 5 N–H and O–H groups in total. The van der Waals surface area contributed by atoms with Crippen LogP contribution in [0.1, 0.15) is 22.3 Å². The molecule has 6 aromatic rings. The highest BCUT2D eigenvalue weighted by atomic mass is 14.9. The van der Waals surface area contributed by atoms with Gasteiger partial charge in [-0.05, 0) is 147 Å². The lowest BCUT2D eigenvalue weighted by molar-refractivity contribution is 1.39. The molecule has 224 valence electrons. The smallest absolute Gasteiger partial charge is 0.0415 e. The summed E-state index contributed by atoms with van der Waals surface area (Å²) in [5.41, 5.74) is 15.5. The Hall–Kier alpha value is -5.68. The standard InChI is InChI=1S/C40H39N5/c1-27-9-5-7-11-37(27)44-35-21-23-39(29(3)25-35)42-33-17-13-31(14-18-33)41-32-15-19-34(20-16-32)43-40-24-22-36(26-30(40)4)45-38-12-8-6-10-28(38)2/h5-26,41-45H,1-4H3. The van der Waals surface area contributed by atoms with Crippen molar-refractivity contribution in [1.82, 2.24) is 0 Å². The summed E-state index contributed by atoms with van der Waals surface area (Å²) in [5, 5.41) is 17.7. The van der Waals surface area contributed by atoms with E-state index in [1.165, 1.54) is 22.3 Å². The molecule has 0 aliphatic rings. The van der Waals surface area contributed by atoms with Crippen molar-refractivity contribution in [3.05, 3.63) is 156 Å². The molecule has 45 heavy (non-hydrogen) atoms. The van der Waals surface area contributed by atoms with Crippen LogP contribution in [0.2, 0.25) is 0 Å². The van der Waals surface area contributed by atoms with Gasteiger partial charge in [0.2, 0.25) is 0 Å². The Kier molecular flexibility index (Phi) is 8.70. The third-order valence-corrected chi connectivity index (χ3v) is 7.92. The molecule has 0 aliphatic carbocycles. The van der Waals surface area contributed by atoms with Crippen molar-refractivity contribution in [2.45, 2.75) is 27.7 Å². The van der Waals surface area contributed by atoms with Crippen molar-refractivity contribution < 1.29 is 0 Å². The summed E-state index contributed by atoms with van der Waals surface area (Å²) in [5.74, 6) is 0. The molecule has 0 fully saturated rings. The van der Waals surface area contributed by atoms with Crippen LogP contribution in [-0.2, 0) is 0 Å². The number of aryl methyl sites for hydroxylation is 4. The maximum absolute atomic E-state index is 3.55. The monoisotopic (exact) mass is 589 g/mol. The van der Waals surface area contributed by atoms with E-state index in [0.717, 1.165) is 56.9 Å². The van der Waals surface area contributed by atoms with Crippen LogP contribution in [0.5, 0.6) is 0 Å². The highest BCUT2D eigenvalue weighted by Gasteiger charge is 2.06. The molecule has 0 amide bonds. The van der Waals surface area contributed by atoms with Crippen LogP contribution in [-0.4, -0.2) is 0 Å². The van der Waals surface area contributed by atoms with Gasteiger partial charge in [-0.25, -0.2) is 0 Å². The lowest BCUT2D eigenvalue weighted by Crippen LogP contribution is -1.97. The molecule has 0 atom stereocenters. The summed E-state index contributed by atoms with van der Waals surface area (Å²) in [6.45, 7) is 8.48. The van der Waals surface area contributed by atoms with Gasteiger partial charge in [-0.3, -0.25) is 0 Å². The molecule has 0 unspecified atom stereocenters. The van der Waals surface area contributed by atoms with Crippen LogP contribution < -0.4 is 26.6 Å². The van der Waals surface area contributed by atoms with E-state index in [0.29, 0.717) is 0 Å². The third-order valence-electron chi connectivity index (χ3n) is 7.92. The summed E-state index contributed by atoms with van der Waals surface area (Å²) in [7, 11) is 0. The zero-order valence-corrected chi connectivity index (χ0v) is 26.2. The maximum atomic E-state index is 3.55. The van der Waals surface area contributed by atoms with Crippen LogP contribution in [0.25, 0.3) is 0 Å². The van der Waals surface area contributed by atoms with Gasteiger partial charge in [0.05, 0.1) is 0 Å². The lowest BCUT2D eigenvalue weighted by atomic mass is 10.1. The Morgan fingerprint density at radius 1 is 0.267 bits per heavy atom. The third kappa shape index (κ3) is 7.46. The average molecular weight is 590 g/mol. The summed E-state index contributed by atoms with van der Waals surface area (Å²) < 4.78 is 0.